The first-order valence-corrected chi connectivity index (χ1v) is 8.83. The lowest BCUT2D eigenvalue weighted by molar-refractivity contribution is -0.143. The van der Waals surface area contributed by atoms with Crippen molar-refractivity contribution in [1.29, 1.82) is 0 Å². The quantitative estimate of drug-likeness (QED) is 0.864. The highest BCUT2D eigenvalue weighted by Crippen LogP contribution is 2.31. The van der Waals surface area contributed by atoms with E-state index in [9.17, 15) is 22.0 Å². The third-order valence-electron chi connectivity index (χ3n) is 3.52. The van der Waals surface area contributed by atoms with E-state index in [0.29, 0.717) is 19.3 Å². The van der Waals surface area contributed by atoms with Crippen molar-refractivity contribution in [3.05, 3.63) is 16.3 Å². The maximum atomic E-state index is 12.8. The first-order valence-electron chi connectivity index (χ1n) is 6.40. The van der Waals surface area contributed by atoms with Crippen molar-refractivity contribution in [2.45, 2.75) is 43.0 Å². The lowest BCUT2D eigenvalue weighted by Gasteiger charge is -2.27. The molecule has 1 saturated carbocycles. The lowest BCUT2D eigenvalue weighted by Crippen LogP contribution is -2.40. The molecule has 0 amide bonds. The van der Waals surface area contributed by atoms with E-state index in [-0.39, 0.29) is 6.42 Å². The van der Waals surface area contributed by atoms with Crippen LogP contribution >= 0.6 is 11.3 Å². The third-order valence-corrected chi connectivity index (χ3v) is 6.01. The smallest absolute Gasteiger partial charge is 0.306 e. The van der Waals surface area contributed by atoms with Gasteiger partial charge in [0.15, 0.2) is 0 Å². The number of halogens is 2. The van der Waals surface area contributed by atoms with Gasteiger partial charge in [-0.25, -0.2) is 21.9 Å². The SMILES string of the molecule is O=C(O)[C@@H]1CCC[C@H](NS(=O)(=O)c2cscc2C(F)F)C1. The number of nitrogens with one attached hydrogen (secondary N) is 1. The van der Waals surface area contributed by atoms with Gasteiger partial charge in [-0.05, 0) is 19.3 Å². The first-order chi connectivity index (χ1) is 9.81. The molecule has 1 aliphatic rings. The van der Waals surface area contributed by atoms with E-state index in [1.807, 2.05) is 0 Å². The van der Waals surface area contributed by atoms with Gasteiger partial charge in [-0.1, -0.05) is 6.42 Å². The molecule has 1 aromatic heterocycles. The molecule has 118 valence electrons. The molecular formula is C12H15F2NO4S2. The van der Waals surface area contributed by atoms with Crippen LogP contribution in [0.2, 0.25) is 0 Å². The second-order valence-corrected chi connectivity index (χ2v) is 7.44. The average molecular weight is 339 g/mol. The minimum Gasteiger partial charge on any atom is -0.481 e. The first kappa shape index (κ1) is 16.3. The van der Waals surface area contributed by atoms with E-state index in [1.165, 1.54) is 5.38 Å². The molecule has 1 aliphatic carbocycles. The minimum atomic E-state index is -4.05. The van der Waals surface area contributed by atoms with Gasteiger partial charge in [0.25, 0.3) is 6.43 Å². The number of carbonyl (C=O) groups is 1. The number of sulfonamides is 1. The summed E-state index contributed by atoms with van der Waals surface area (Å²) >= 11 is 0.896. The number of aliphatic carboxylic acids is 1. The van der Waals surface area contributed by atoms with Gasteiger partial charge < -0.3 is 5.11 Å². The van der Waals surface area contributed by atoms with Crippen LogP contribution in [0.3, 0.4) is 0 Å². The van der Waals surface area contributed by atoms with Crippen LogP contribution in [-0.2, 0) is 14.8 Å². The van der Waals surface area contributed by atoms with Crippen LogP contribution in [0, 0.1) is 5.92 Å². The van der Waals surface area contributed by atoms with E-state index >= 15 is 0 Å². The Morgan fingerprint density at radius 3 is 2.71 bits per heavy atom. The maximum absolute atomic E-state index is 12.8. The van der Waals surface area contributed by atoms with Gasteiger partial charge in [0.1, 0.15) is 4.90 Å². The van der Waals surface area contributed by atoms with Crippen LogP contribution in [-0.4, -0.2) is 25.5 Å². The Kier molecular flexibility index (Phi) is 4.95. The fourth-order valence-electron chi connectivity index (χ4n) is 2.48. The summed E-state index contributed by atoms with van der Waals surface area (Å²) < 4.78 is 52.3. The minimum absolute atomic E-state index is 0.183. The van der Waals surface area contributed by atoms with Crippen molar-refractivity contribution >= 4 is 27.3 Å². The van der Waals surface area contributed by atoms with Crippen molar-refractivity contribution in [3.8, 4) is 0 Å². The predicted molar refractivity (Wildman–Crippen MR) is 73.0 cm³/mol. The van der Waals surface area contributed by atoms with Gasteiger partial charge in [-0.3, -0.25) is 4.79 Å². The maximum Gasteiger partial charge on any atom is 0.306 e. The number of thiophene rings is 1. The Morgan fingerprint density at radius 1 is 1.38 bits per heavy atom. The van der Waals surface area contributed by atoms with E-state index in [2.05, 4.69) is 4.72 Å². The van der Waals surface area contributed by atoms with E-state index < -0.39 is 44.8 Å². The Hall–Kier alpha value is -1.06. The molecule has 9 heteroatoms. The second-order valence-electron chi connectivity index (χ2n) is 5.01. The van der Waals surface area contributed by atoms with Crippen LogP contribution < -0.4 is 4.72 Å². The molecule has 0 aromatic carbocycles. The largest absolute Gasteiger partial charge is 0.481 e. The number of rotatable bonds is 5. The summed E-state index contributed by atoms with van der Waals surface area (Å²) in [6, 6.07) is -0.532. The van der Waals surface area contributed by atoms with Crippen LogP contribution in [0.25, 0.3) is 0 Å². The van der Waals surface area contributed by atoms with Crippen molar-refractivity contribution in [3.63, 3.8) is 0 Å². The number of alkyl halides is 2. The van der Waals surface area contributed by atoms with Crippen LogP contribution in [0.4, 0.5) is 8.78 Å². The van der Waals surface area contributed by atoms with Crippen LogP contribution in [0.5, 0.6) is 0 Å². The standard InChI is InChI=1S/C12H15F2NO4S2/c13-11(14)9-5-20-6-10(9)21(18,19)15-8-3-1-2-7(4-8)12(16)17/h5-8,11,15H,1-4H2,(H,16,17)/t7-,8+/m1/s1. The topological polar surface area (TPSA) is 83.5 Å². The van der Waals surface area contributed by atoms with E-state index in [0.717, 1.165) is 16.7 Å². The summed E-state index contributed by atoms with van der Waals surface area (Å²) in [5, 5.41) is 11.3. The summed E-state index contributed by atoms with van der Waals surface area (Å²) in [5.41, 5.74) is -0.516. The van der Waals surface area contributed by atoms with Gasteiger partial charge >= 0.3 is 5.97 Å². The highest BCUT2D eigenvalue weighted by atomic mass is 32.2. The molecule has 1 heterocycles. The van der Waals surface area contributed by atoms with E-state index in [4.69, 9.17) is 5.11 Å². The molecule has 1 fully saturated rings. The zero-order valence-corrected chi connectivity index (χ0v) is 12.6. The molecule has 0 bridgehead atoms. The summed E-state index contributed by atoms with van der Waals surface area (Å²) in [7, 11) is -4.05. The van der Waals surface area contributed by atoms with Crippen molar-refractivity contribution in [2.24, 2.45) is 5.92 Å². The second kappa shape index (κ2) is 6.37. The average Bonchev–Trinajstić information content (AvgIpc) is 2.88. The zero-order chi connectivity index (χ0) is 15.6. The zero-order valence-electron chi connectivity index (χ0n) is 11.0. The molecule has 5 nitrogen and oxygen atoms in total. The number of carboxylic acid groups (broad SMARTS) is 1. The fraction of sp³-hybridized carbons (Fsp3) is 0.583. The van der Waals surface area contributed by atoms with Gasteiger partial charge in [0.05, 0.1) is 5.92 Å². The molecule has 0 aliphatic heterocycles. The van der Waals surface area contributed by atoms with Crippen molar-refractivity contribution in [2.75, 3.05) is 0 Å². The molecule has 2 atom stereocenters. The Bertz CT molecular complexity index is 615. The molecule has 0 spiro atoms. The molecule has 2 N–H and O–H groups in total. The van der Waals surface area contributed by atoms with E-state index in [1.54, 1.807) is 0 Å². The highest BCUT2D eigenvalue weighted by molar-refractivity contribution is 7.89. The summed E-state index contributed by atoms with van der Waals surface area (Å²) in [4.78, 5) is 10.5. The summed E-state index contributed by atoms with van der Waals surface area (Å²) in [6.45, 7) is 0. The predicted octanol–water partition coefficient (Wildman–Crippen LogP) is 2.61. The Balaban J connectivity index is 2.14. The summed E-state index contributed by atoms with van der Waals surface area (Å²) in [5.74, 6) is -1.55. The molecule has 1 aromatic rings. The van der Waals surface area contributed by atoms with Crippen molar-refractivity contribution < 1.29 is 27.1 Å². The van der Waals surface area contributed by atoms with Gasteiger partial charge in [-0.2, -0.15) is 11.3 Å². The van der Waals surface area contributed by atoms with Gasteiger partial charge in [0.2, 0.25) is 10.0 Å². The molecule has 0 radical (unpaired) electrons. The lowest BCUT2D eigenvalue weighted by atomic mass is 9.86. The van der Waals surface area contributed by atoms with Gasteiger partial charge in [-0.15, -0.1) is 0 Å². The molecule has 0 saturated heterocycles. The number of hydrogen-bond donors (Lipinski definition) is 2. The molecule has 21 heavy (non-hydrogen) atoms. The monoisotopic (exact) mass is 339 g/mol. The Labute approximate surface area is 125 Å². The summed E-state index contributed by atoms with van der Waals surface area (Å²) in [6.07, 6.45) is -1.06. The number of carboxylic acids is 1. The molecule has 2 rings (SSSR count). The van der Waals surface area contributed by atoms with Crippen LogP contribution in [0.1, 0.15) is 37.7 Å². The fourth-order valence-corrected chi connectivity index (χ4v) is 5.17. The van der Waals surface area contributed by atoms with Gasteiger partial charge in [0, 0.05) is 22.4 Å². The van der Waals surface area contributed by atoms with Crippen molar-refractivity contribution in [1.82, 2.24) is 4.72 Å². The number of hydrogen-bond acceptors (Lipinski definition) is 4. The normalized spacial score (nSPS) is 23.4. The molecular weight excluding hydrogens is 324 g/mol. The molecule has 0 unspecified atom stereocenters. The Morgan fingerprint density at radius 2 is 2.10 bits per heavy atom. The third kappa shape index (κ3) is 3.78. The van der Waals surface area contributed by atoms with Crippen LogP contribution in [0.15, 0.2) is 15.7 Å². The highest BCUT2D eigenvalue weighted by Gasteiger charge is 2.32.